The van der Waals surface area contributed by atoms with Crippen molar-refractivity contribution in [2.45, 2.75) is 19.4 Å². The molecule has 0 bridgehead atoms. The summed E-state index contributed by atoms with van der Waals surface area (Å²) < 4.78 is 4.93. The van der Waals surface area contributed by atoms with Gasteiger partial charge in [0.25, 0.3) is 0 Å². The number of hydrogen-bond donors (Lipinski definition) is 0. The average molecular weight is 710 g/mol. The second-order valence-electron chi connectivity index (χ2n) is 14.4. The highest BCUT2D eigenvalue weighted by Crippen LogP contribution is 2.43. The van der Waals surface area contributed by atoms with Gasteiger partial charge in [0.05, 0.1) is 22.8 Å². The number of aliphatic imine (C=N–C) groups is 2. The van der Waals surface area contributed by atoms with Crippen LogP contribution in [0, 0.1) is 5.92 Å². The van der Waals surface area contributed by atoms with Gasteiger partial charge in [0.15, 0.2) is 5.84 Å². The Hall–Kier alpha value is -6.36. The number of para-hydroxylation sites is 1. The third-order valence-corrected chi connectivity index (χ3v) is 12.6. The summed E-state index contributed by atoms with van der Waals surface area (Å²) in [6.07, 6.45) is 0.923. The molecule has 0 amide bonds. The van der Waals surface area contributed by atoms with Gasteiger partial charge < -0.3 is 4.57 Å². The molecule has 54 heavy (non-hydrogen) atoms. The number of fused-ring (bicyclic) bond motifs is 8. The molecule has 0 saturated carbocycles. The number of aromatic nitrogens is 1. The normalized spacial score (nSPS) is 16.2. The first kappa shape index (κ1) is 31.2. The molecule has 3 nitrogen and oxygen atoms in total. The van der Waals surface area contributed by atoms with Crippen LogP contribution < -0.4 is 0 Å². The SMILES string of the molecule is CC[C@@H]1C(c2cccc3ccccc23)=NC(c2cc(-n3c4ccccc4c4cc5ccccc5cc43)cc3c2sc2ccccc23)=NC1c1ccccc1. The van der Waals surface area contributed by atoms with Crippen molar-refractivity contribution in [3.8, 4) is 5.69 Å². The minimum Gasteiger partial charge on any atom is -0.309 e. The van der Waals surface area contributed by atoms with Crippen LogP contribution in [0.15, 0.2) is 180 Å². The van der Waals surface area contributed by atoms with E-state index in [9.17, 15) is 0 Å². The fourth-order valence-electron chi connectivity index (χ4n) is 8.85. The number of hydrogen-bond acceptors (Lipinski definition) is 3. The Morgan fingerprint density at radius 3 is 2.06 bits per heavy atom. The van der Waals surface area contributed by atoms with Gasteiger partial charge in [-0.2, -0.15) is 0 Å². The number of amidine groups is 1. The van der Waals surface area contributed by atoms with Gasteiger partial charge in [-0.15, -0.1) is 11.3 Å². The summed E-state index contributed by atoms with van der Waals surface area (Å²) in [7, 11) is 0. The summed E-state index contributed by atoms with van der Waals surface area (Å²) in [5, 5.41) is 9.91. The molecule has 256 valence electrons. The van der Waals surface area contributed by atoms with E-state index in [1.165, 1.54) is 74.6 Å². The molecule has 0 aliphatic carbocycles. The zero-order chi connectivity index (χ0) is 35.8. The van der Waals surface area contributed by atoms with E-state index in [1.807, 2.05) is 11.3 Å². The van der Waals surface area contributed by atoms with E-state index in [4.69, 9.17) is 9.98 Å². The monoisotopic (exact) mass is 709 g/mol. The van der Waals surface area contributed by atoms with Crippen molar-refractivity contribution < 1.29 is 0 Å². The van der Waals surface area contributed by atoms with Crippen LogP contribution in [-0.2, 0) is 0 Å². The molecule has 0 radical (unpaired) electrons. The maximum absolute atomic E-state index is 5.67. The van der Waals surface area contributed by atoms with Crippen LogP contribution in [0.1, 0.15) is 36.1 Å². The van der Waals surface area contributed by atoms with E-state index >= 15 is 0 Å². The van der Waals surface area contributed by atoms with Crippen molar-refractivity contribution >= 4 is 86.4 Å². The molecule has 11 rings (SSSR count). The summed E-state index contributed by atoms with van der Waals surface area (Å²) in [5.74, 6) is 0.912. The molecule has 1 aliphatic rings. The van der Waals surface area contributed by atoms with Crippen LogP contribution in [0.4, 0.5) is 0 Å². The van der Waals surface area contributed by atoms with Crippen LogP contribution in [0.2, 0.25) is 0 Å². The van der Waals surface area contributed by atoms with Gasteiger partial charge in [0.1, 0.15) is 0 Å². The lowest BCUT2D eigenvalue weighted by Crippen LogP contribution is -2.28. The fraction of sp³-hybridized carbons (Fsp3) is 0.0800. The van der Waals surface area contributed by atoms with Crippen molar-refractivity contribution in [1.82, 2.24) is 4.57 Å². The van der Waals surface area contributed by atoms with Gasteiger partial charge in [-0.25, -0.2) is 4.99 Å². The largest absolute Gasteiger partial charge is 0.309 e. The van der Waals surface area contributed by atoms with Crippen molar-refractivity contribution in [3.63, 3.8) is 0 Å². The lowest BCUT2D eigenvalue weighted by atomic mass is 9.82. The summed E-state index contributed by atoms with van der Waals surface area (Å²) in [6, 6.07) is 61.8. The molecule has 1 unspecified atom stereocenters. The Bertz CT molecular complexity index is 3160. The van der Waals surface area contributed by atoms with Gasteiger partial charge in [-0.1, -0.05) is 140 Å². The Balaban J connectivity index is 1.24. The van der Waals surface area contributed by atoms with Crippen molar-refractivity contribution in [3.05, 3.63) is 187 Å². The van der Waals surface area contributed by atoms with Crippen LogP contribution >= 0.6 is 11.3 Å². The quantitative estimate of drug-likeness (QED) is 0.170. The molecule has 3 heterocycles. The smallest absolute Gasteiger partial charge is 0.157 e. The number of thiophene rings is 1. The standard InChI is InChI=1S/C50H35N3S/c1-2-36-47(32-16-4-3-5-17-32)51-50(52-48(36)40-24-14-20-31-15-8-9-21-37(31)40)43-30-35(29-42-39-23-11-13-26-46(39)54-49(42)43)53-44-25-12-10-22-38(44)41-27-33-18-6-7-19-34(33)28-45(41)53/h3-30,36,47H,2H2,1H3/t36-,47?/m0/s1. The maximum atomic E-state index is 5.67. The fourth-order valence-corrected chi connectivity index (χ4v) is 10.0. The van der Waals surface area contributed by atoms with E-state index in [0.29, 0.717) is 0 Å². The summed E-state index contributed by atoms with van der Waals surface area (Å²) in [6.45, 7) is 2.28. The number of nitrogens with zero attached hydrogens (tertiary/aromatic N) is 3. The van der Waals surface area contributed by atoms with Crippen molar-refractivity contribution in [1.29, 1.82) is 0 Å². The Kier molecular flexibility index (Phi) is 7.14. The first-order valence-corrected chi connectivity index (χ1v) is 19.6. The first-order chi connectivity index (χ1) is 26.7. The molecule has 0 spiro atoms. The van der Waals surface area contributed by atoms with Crippen LogP contribution in [0.25, 0.3) is 69.2 Å². The Morgan fingerprint density at radius 1 is 0.537 bits per heavy atom. The summed E-state index contributed by atoms with van der Waals surface area (Å²) in [4.78, 5) is 11.3. The highest BCUT2D eigenvalue weighted by atomic mass is 32.1. The molecule has 8 aromatic carbocycles. The van der Waals surface area contributed by atoms with Crippen LogP contribution in [0.5, 0.6) is 0 Å². The van der Waals surface area contributed by atoms with E-state index in [-0.39, 0.29) is 12.0 Å². The third kappa shape index (κ3) is 4.80. The van der Waals surface area contributed by atoms with Gasteiger partial charge in [-0.05, 0) is 69.9 Å². The van der Waals surface area contributed by atoms with Crippen LogP contribution in [-0.4, -0.2) is 16.1 Å². The minimum absolute atomic E-state index is 0.0784. The summed E-state index contributed by atoms with van der Waals surface area (Å²) >= 11 is 1.84. The predicted octanol–water partition coefficient (Wildman–Crippen LogP) is 13.5. The van der Waals surface area contributed by atoms with Gasteiger partial charge >= 0.3 is 0 Å². The molecular weight excluding hydrogens is 675 g/mol. The highest BCUT2D eigenvalue weighted by Gasteiger charge is 2.33. The highest BCUT2D eigenvalue weighted by molar-refractivity contribution is 7.26. The Labute approximate surface area is 317 Å². The van der Waals surface area contributed by atoms with Gasteiger partial charge in [-0.3, -0.25) is 4.99 Å². The lowest BCUT2D eigenvalue weighted by molar-refractivity contribution is 0.533. The molecule has 1 aliphatic heterocycles. The van der Waals surface area contributed by atoms with Gasteiger partial charge in [0, 0.05) is 53.7 Å². The topological polar surface area (TPSA) is 29.6 Å². The summed E-state index contributed by atoms with van der Waals surface area (Å²) in [5.41, 5.74) is 8.07. The van der Waals surface area contributed by atoms with E-state index in [0.717, 1.165) is 29.2 Å². The second kappa shape index (κ2) is 12.4. The molecular formula is C50H35N3S. The van der Waals surface area contributed by atoms with Crippen LogP contribution in [0.3, 0.4) is 0 Å². The zero-order valence-corrected chi connectivity index (χ0v) is 30.6. The maximum Gasteiger partial charge on any atom is 0.157 e. The molecule has 0 N–H and O–H groups in total. The number of rotatable bonds is 5. The number of benzene rings is 8. The van der Waals surface area contributed by atoms with E-state index < -0.39 is 0 Å². The minimum atomic E-state index is -0.0784. The second-order valence-corrected chi connectivity index (χ2v) is 15.4. The van der Waals surface area contributed by atoms with E-state index in [2.05, 4.69) is 181 Å². The molecule has 10 aromatic rings. The van der Waals surface area contributed by atoms with Crippen molar-refractivity contribution in [2.24, 2.45) is 15.9 Å². The molecule has 2 aromatic heterocycles. The molecule has 2 atom stereocenters. The lowest BCUT2D eigenvalue weighted by Gasteiger charge is -2.30. The molecule has 0 saturated heterocycles. The van der Waals surface area contributed by atoms with Crippen molar-refractivity contribution in [2.75, 3.05) is 0 Å². The average Bonchev–Trinajstić information content (AvgIpc) is 3.77. The first-order valence-electron chi connectivity index (χ1n) is 18.8. The van der Waals surface area contributed by atoms with Gasteiger partial charge in [0.2, 0.25) is 0 Å². The predicted molar refractivity (Wildman–Crippen MR) is 231 cm³/mol. The molecule has 4 heteroatoms. The van der Waals surface area contributed by atoms with E-state index in [1.54, 1.807) is 0 Å². The third-order valence-electron chi connectivity index (χ3n) is 11.4. The Morgan fingerprint density at radius 2 is 1.22 bits per heavy atom. The molecule has 0 fully saturated rings. The zero-order valence-electron chi connectivity index (χ0n) is 29.8.